The molecule has 2 atom stereocenters. The van der Waals surface area contributed by atoms with Crippen molar-refractivity contribution in [3.63, 3.8) is 0 Å². The summed E-state index contributed by atoms with van der Waals surface area (Å²) in [4.78, 5) is 0. The van der Waals surface area contributed by atoms with Crippen molar-refractivity contribution in [1.29, 1.82) is 0 Å². The van der Waals surface area contributed by atoms with Crippen LogP contribution in [0.1, 0.15) is 50.0 Å². The third-order valence-electron chi connectivity index (χ3n) is 4.29. The first-order valence-corrected chi connectivity index (χ1v) is 7.24. The first-order chi connectivity index (χ1) is 8.81. The number of aliphatic hydroxyl groups is 1. The minimum Gasteiger partial charge on any atom is -0.392 e. The molecule has 2 heteroatoms. The molecule has 1 aliphatic carbocycles. The highest BCUT2D eigenvalue weighted by Gasteiger charge is 2.22. The molecule has 1 saturated carbocycles. The number of hydrogen-bond donors (Lipinski definition) is 2. The van der Waals surface area contributed by atoms with Gasteiger partial charge in [0.15, 0.2) is 0 Å². The Labute approximate surface area is 110 Å². The van der Waals surface area contributed by atoms with Crippen LogP contribution in [0.4, 0.5) is 0 Å². The molecule has 1 aromatic rings. The van der Waals surface area contributed by atoms with Gasteiger partial charge < -0.3 is 10.8 Å². The lowest BCUT2D eigenvalue weighted by molar-refractivity contribution is 0.127. The van der Waals surface area contributed by atoms with Gasteiger partial charge in [0.2, 0.25) is 0 Å². The van der Waals surface area contributed by atoms with Crippen LogP contribution in [0.5, 0.6) is 0 Å². The lowest BCUT2D eigenvalue weighted by Gasteiger charge is -2.23. The third-order valence-corrected chi connectivity index (χ3v) is 4.29. The predicted octanol–water partition coefficient (Wildman–Crippen LogP) is 3.06. The minimum absolute atomic E-state index is 0.0904. The molecule has 1 aliphatic rings. The van der Waals surface area contributed by atoms with E-state index in [0.717, 1.165) is 18.8 Å². The monoisotopic (exact) mass is 247 g/mol. The Balaban J connectivity index is 1.87. The van der Waals surface area contributed by atoms with E-state index >= 15 is 0 Å². The van der Waals surface area contributed by atoms with Gasteiger partial charge in [-0.05, 0) is 24.3 Å². The van der Waals surface area contributed by atoms with Crippen molar-refractivity contribution in [2.24, 2.45) is 11.7 Å². The van der Waals surface area contributed by atoms with Crippen LogP contribution in [-0.4, -0.2) is 17.8 Å². The molecule has 2 rings (SSSR count). The van der Waals surface area contributed by atoms with E-state index in [1.165, 1.54) is 31.2 Å². The van der Waals surface area contributed by atoms with Crippen molar-refractivity contribution in [2.75, 3.05) is 6.54 Å². The van der Waals surface area contributed by atoms with Crippen LogP contribution in [0.15, 0.2) is 30.3 Å². The summed E-state index contributed by atoms with van der Waals surface area (Å²) in [5, 5.41) is 10.3. The van der Waals surface area contributed by atoms with Crippen LogP contribution in [-0.2, 0) is 0 Å². The van der Waals surface area contributed by atoms with Gasteiger partial charge in [-0.3, -0.25) is 0 Å². The summed E-state index contributed by atoms with van der Waals surface area (Å²) >= 11 is 0. The van der Waals surface area contributed by atoms with Gasteiger partial charge in [-0.15, -0.1) is 0 Å². The van der Waals surface area contributed by atoms with E-state index in [9.17, 15) is 5.11 Å². The average molecular weight is 247 g/mol. The fraction of sp³-hybridized carbons (Fsp3) is 0.625. The Hall–Kier alpha value is -0.860. The molecular weight excluding hydrogens is 222 g/mol. The highest BCUT2D eigenvalue weighted by molar-refractivity contribution is 5.21. The van der Waals surface area contributed by atoms with E-state index in [4.69, 9.17) is 5.73 Å². The predicted molar refractivity (Wildman–Crippen MR) is 75.4 cm³/mol. The summed E-state index contributed by atoms with van der Waals surface area (Å²) in [6.07, 6.45) is 7.21. The standard InChI is InChI=1S/C16H25NO/c17-12-15(14-8-2-1-3-9-14)16(18)11-10-13-6-4-5-7-13/h1-3,8-9,13,15-16,18H,4-7,10-12,17H2. The molecule has 100 valence electrons. The van der Waals surface area contributed by atoms with Gasteiger partial charge in [0.1, 0.15) is 0 Å². The van der Waals surface area contributed by atoms with Gasteiger partial charge in [-0.1, -0.05) is 56.0 Å². The van der Waals surface area contributed by atoms with Crippen LogP contribution in [0.2, 0.25) is 0 Å². The summed E-state index contributed by atoms with van der Waals surface area (Å²) in [5.41, 5.74) is 7.00. The molecule has 0 amide bonds. The molecule has 0 saturated heterocycles. The first kappa shape index (κ1) is 13.6. The Morgan fingerprint density at radius 2 is 1.83 bits per heavy atom. The first-order valence-electron chi connectivity index (χ1n) is 7.24. The number of hydrogen-bond acceptors (Lipinski definition) is 2. The maximum Gasteiger partial charge on any atom is 0.0621 e. The van der Waals surface area contributed by atoms with Gasteiger partial charge in [-0.25, -0.2) is 0 Å². The van der Waals surface area contributed by atoms with Crippen molar-refractivity contribution in [3.05, 3.63) is 35.9 Å². The van der Waals surface area contributed by atoms with Gasteiger partial charge in [0, 0.05) is 12.5 Å². The smallest absolute Gasteiger partial charge is 0.0621 e. The van der Waals surface area contributed by atoms with Crippen molar-refractivity contribution in [1.82, 2.24) is 0 Å². The molecule has 1 fully saturated rings. The van der Waals surface area contributed by atoms with Crippen LogP contribution in [0.25, 0.3) is 0 Å². The molecule has 0 spiro atoms. The molecule has 0 aliphatic heterocycles. The molecular formula is C16H25NO. The number of aliphatic hydroxyl groups excluding tert-OH is 1. The second-order valence-electron chi connectivity index (χ2n) is 5.55. The molecule has 18 heavy (non-hydrogen) atoms. The number of benzene rings is 1. The van der Waals surface area contributed by atoms with E-state index in [-0.39, 0.29) is 12.0 Å². The molecule has 0 heterocycles. The highest BCUT2D eigenvalue weighted by Crippen LogP contribution is 2.31. The zero-order valence-electron chi connectivity index (χ0n) is 11.1. The normalized spacial score (nSPS) is 19.9. The van der Waals surface area contributed by atoms with E-state index in [1.54, 1.807) is 0 Å². The molecule has 3 N–H and O–H groups in total. The molecule has 1 aromatic carbocycles. The largest absolute Gasteiger partial charge is 0.392 e. The quantitative estimate of drug-likeness (QED) is 0.811. The zero-order valence-corrected chi connectivity index (χ0v) is 11.1. The molecule has 0 aromatic heterocycles. The highest BCUT2D eigenvalue weighted by atomic mass is 16.3. The van der Waals surface area contributed by atoms with Gasteiger partial charge in [0.25, 0.3) is 0 Å². The maximum absolute atomic E-state index is 10.3. The summed E-state index contributed by atoms with van der Waals surface area (Å²) in [7, 11) is 0. The van der Waals surface area contributed by atoms with Gasteiger partial charge in [-0.2, -0.15) is 0 Å². The van der Waals surface area contributed by atoms with Crippen LogP contribution >= 0.6 is 0 Å². The van der Waals surface area contributed by atoms with E-state index < -0.39 is 0 Å². The maximum atomic E-state index is 10.3. The second-order valence-corrected chi connectivity index (χ2v) is 5.55. The Kier molecular flexibility index (Phi) is 5.21. The van der Waals surface area contributed by atoms with Gasteiger partial charge >= 0.3 is 0 Å². The van der Waals surface area contributed by atoms with Crippen LogP contribution in [0.3, 0.4) is 0 Å². The SMILES string of the molecule is NCC(c1ccccc1)C(O)CCC1CCCC1. The molecule has 2 unspecified atom stereocenters. The Morgan fingerprint density at radius 1 is 1.17 bits per heavy atom. The second kappa shape index (κ2) is 6.91. The van der Waals surface area contributed by atoms with E-state index in [0.29, 0.717) is 6.54 Å². The topological polar surface area (TPSA) is 46.2 Å². The Morgan fingerprint density at radius 3 is 2.44 bits per heavy atom. The summed E-state index contributed by atoms with van der Waals surface area (Å²) in [6, 6.07) is 10.2. The third kappa shape index (κ3) is 3.56. The summed E-state index contributed by atoms with van der Waals surface area (Å²) < 4.78 is 0. The minimum atomic E-state index is -0.294. The Bertz CT molecular complexity index is 332. The van der Waals surface area contributed by atoms with Crippen LogP contribution in [0, 0.1) is 5.92 Å². The summed E-state index contributed by atoms with van der Waals surface area (Å²) in [5.74, 6) is 0.932. The van der Waals surface area contributed by atoms with Crippen molar-refractivity contribution in [2.45, 2.75) is 50.5 Å². The van der Waals surface area contributed by atoms with Crippen molar-refractivity contribution < 1.29 is 5.11 Å². The number of nitrogens with two attached hydrogens (primary N) is 1. The fourth-order valence-corrected chi connectivity index (χ4v) is 3.12. The van der Waals surface area contributed by atoms with Crippen molar-refractivity contribution in [3.8, 4) is 0 Å². The lowest BCUT2D eigenvalue weighted by atomic mass is 9.88. The van der Waals surface area contributed by atoms with Crippen LogP contribution < -0.4 is 5.73 Å². The fourth-order valence-electron chi connectivity index (χ4n) is 3.12. The number of rotatable bonds is 6. The van der Waals surface area contributed by atoms with Gasteiger partial charge in [0.05, 0.1) is 6.10 Å². The average Bonchev–Trinajstić information content (AvgIpc) is 2.92. The zero-order chi connectivity index (χ0) is 12.8. The molecule has 2 nitrogen and oxygen atoms in total. The van der Waals surface area contributed by atoms with E-state index in [1.807, 2.05) is 18.2 Å². The summed E-state index contributed by atoms with van der Waals surface area (Å²) in [6.45, 7) is 0.524. The molecule has 0 bridgehead atoms. The lowest BCUT2D eigenvalue weighted by Crippen LogP contribution is -2.26. The van der Waals surface area contributed by atoms with E-state index in [2.05, 4.69) is 12.1 Å². The van der Waals surface area contributed by atoms with Crippen molar-refractivity contribution >= 4 is 0 Å². The molecule has 0 radical (unpaired) electrons.